The van der Waals surface area contributed by atoms with E-state index in [1.165, 1.54) is 16.7 Å². The zero-order valence-corrected chi connectivity index (χ0v) is 23.0. The topological polar surface area (TPSA) is 79.9 Å². The molecule has 5 rings (SSSR count). The summed E-state index contributed by atoms with van der Waals surface area (Å²) >= 11 is 0. The average molecular weight is 526 g/mol. The number of hydrogen-bond acceptors (Lipinski definition) is 5. The van der Waals surface area contributed by atoms with Crippen LogP contribution in [-0.4, -0.2) is 51.5 Å². The number of urea groups is 1. The van der Waals surface area contributed by atoms with Crippen molar-refractivity contribution in [3.05, 3.63) is 94.3 Å². The summed E-state index contributed by atoms with van der Waals surface area (Å²) in [4.78, 5) is 27.5. The summed E-state index contributed by atoms with van der Waals surface area (Å²) in [5, 5.41) is 5.25. The fraction of sp³-hybridized carbons (Fsp3) is 0.312. The standard InChI is InChI=1S/C32H35N3O4/c1-33-32(37)34-23-12-14-29-28(16-23)31(36)30(39-29)18-27-25(22-9-5-7-20(15-22)19-35(2)3)10-6-8-21-11-13-24(38-4)17-26(21)27/h5,7,11-18,22H,6,8-10,19H2,1-4H3,(H2,33,34,37)/b30-18-. The smallest absolute Gasteiger partial charge is 0.318 e. The Bertz CT molecular complexity index is 1430. The maximum absolute atomic E-state index is 13.6. The third kappa shape index (κ3) is 5.68. The highest BCUT2D eigenvalue weighted by Crippen LogP contribution is 2.42. The second-order valence-electron chi connectivity index (χ2n) is 10.4. The van der Waals surface area contributed by atoms with Gasteiger partial charge in [0.2, 0.25) is 5.78 Å². The Kier molecular flexibility index (Phi) is 7.70. The lowest BCUT2D eigenvalue weighted by atomic mass is 9.83. The molecule has 1 aliphatic heterocycles. The van der Waals surface area contributed by atoms with Gasteiger partial charge < -0.3 is 25.0 Å². The molecule has 1 heterocycles. The first-order valence-electron chi connectivity index (χ1n) is 13.4. The van der Waals surface area contributed by atoms with Crippen molar-refractivity contribution in [3.8, 4) is 11.5 Å². The molecular weight excluding hydrogens is 490 g/mol. The molecular formula is C32H35N3O4. The number of nitrogens with zero attached hydrogens (tertiary/aromatic N) is 1. The van der Waals surface area contributed by atoms with Crippen LogP contribution in [0.4, 0.5) is 10.5 Å². The highest BCUT2D eigenvalue weighted by molar-refractivity contribution is 6.14. The lowest BCUT2D eigenvalue weighted by Gasteiger charge is -2.24. The van der Waals surface area contributed by atoms with Crippen molar-refractivity contribution in [2.45, 2.75) is 25.7 Å². The van der Waals surface area contributed by atoms with Crippen LogP contribution in [0.3, 0.4) is 0 Å². The Hall–Kier alpha value is -4.10. The molecule has 1 atom stereocenters. The number of anilines is 1. The summed E-state index contributed by atoms with van der Waals surface area (Å²) in [7, 11) is 7.38. The number of carbonyl (C=O) groups is 2. The fourth-order valence-electron chi connectivity index (χ4n) is 5.54. The minimum absolute atomic E-state index is 0.196. The predicted molar refractivity (Wildman–Crippen MR) is 154 cm³/mol. The zero-order chi connectivity index (χ0) is 27.5. The largest absolute Gasteiger partial charge is 0.497 e. The number of rotatable bonds is 6. The second kappa shape index (κ2) is 11.3. The molecule has 2 amide bonds. The third-order valence-corrected chi connectivity index (χ3v) is 7.36. The highest BCUT2D eigenvalue weighted by Gasteiger charge is 2.30. The van der Waals surface area contributed by atoms with Crippen LogP contribution in [0.1, 0.15) is 40.7 Å². The molecule has 202 valence electrons. The molecule has 2 N–H and O–H groups in total. The molecule has 0 bridgehead atoms. The van der Waals surface area contributed by atoms with Gasteiger partial charge in [-0.05, 0) is 98.5 Å². The van der Waals surface area contributed by atoms with Gasteiger partial charge in [0.1, 0.15) is 11.5 Å². The van der Waals surface area contributed by atoms with E-state index in [4.69, 9.17) is 9.47 Å². The molecule has 3 aliphatic rings. The predicted octanol–water partition coefficient (Wildman–Crippen LogP) is 5.76. The summed E-state index contributed by atoms with van der Waals surface area (Å²) < 4.78 is 11.7. The molecule has 2 aromatic rings. The molecule has 2 aliphatic carbocycles. The Labute approximate surface area is 229 Å². The van der Waals surface area contributed by atoms with Gasteiger partial charge in [-0.3, -0.25) is 4.79 Å². The van der Waals surface area contributed by atoms with E-state index in [1.54, 1.807) is 32.4 Å². The van der Waals surface area contributed by atoms with Crippen molar-refractivity contribution < 1.29 is 19.1 Å². The van der Waals surface area contributed by atoms with Gasteiger partial charge in [0.15, 0.2) is 5.76 Å². The molecule has 39 heavy (non-hydrogen) atoms. The van der Waals surface area contributed by atoms with Crippen LogP contribution in [0, 0.1) is 5.92 Å². The minimum atomic E-state index is -0.348. The maximum Gasteiger partial charge on any atom is 0.318 e. The minimum Gasteiger partial charge on any atom is -0.497 e. The number of carbonyl (C=O) groups excluding carboxylic acids is 2. The molecule has 7 nitrogen and oxygen atoms in total. The first-order chi connectivity index (χ1) is 18.9. The van der Waals surface area contributed by atoms with Gasteiger partial charge in [0, 0.05) is 25.2 Å². The van der Waals surface area contributed by atoms with E-state index in [0.717, 1.165) is 49.1 Å². The van der Waals surface area contributed by atoms with Gasteiger partial charge in [-0.1, -0.05) is 29.9 Å². The summed E-state index contributed by atoms with van der Waals surface area (Å²) in [6.45, 7) is 0.879. The maximum atomic E-state index is 13.6. The first kappa shape index (κ1) is 26.5. The first-order valence-corrected chi connectivity index (χ1v) is 13.4. The van der Waals surface area contributed by atoms with Gasteiger partial charge in [-0.15, -0.1) is 0 Å². The Balaban J connectivity index is 1.60. The number of aryl methyl sites for hydroxylation is 1. The summed E-state index contributed by atoms with van der Waals surface area (Å²) in [6, 6.07) is 11.0. The normalized spacial score (nSPS) is 19.3. The molecule has 0 saturated carbocycles. The van der Waals surface area contributed by atoms with E-state index in [2.05, 4.69) is 60.0 Å². The van der Waals surface area contributed by atoms with Gasteiger partial charge in [0.25, 0.3) is 0 Å². The van der Waals surface area contributed by atoms with Gasteiger partial charge in [-0.25, -0.2) is 4.79 Å². The van der Waals surface area contributed by atoms with E-state index >= 15 is 0 Å². The van der Waals surface area contributed by atoms with Gasteiger partial charge in [-0.2, -0.15) is 0 Å². The van der Waals surface area contributed by atoms with Crippen LogP contribution in [0.5, 0.6) is 11.5 Å². The Morgan fingerprint density at radius 1 is 1.15 bits per heavy atom. The van der Waals surface area contributed by atoms with Gasteiger partial charge in [0.05, 0.1) is 12.7 Å². The lowest BCUT2D eigenvalue weighted by Crippen LogP contribution is -2.24. The lowest BCUT2D eigenvalue weighted by molar-refractivity contribution is 0.101. The third-order valence-electron chi connectivity index (χ3n) is 7.36. The molecule has 1 unspecified atom stereocenters. The van der Waals surface area contributed by atoms with Crippen LogP contribution in [0.25, 0.3) is 5.57 Å². The van der Waals surface area contributed by atoms with Gasteiger partial charge >= 0.3 is 6.03 Å². The van der Waals surface area contributed by atoms with Crippen molar-refractivity contribution in [1.82, 2.24) is 10.2 Å². The fourth-order valence-corrected chi connectivity index (χ4v) is 5.54. The van der Waals surface area contributed by atoms with Crippen LogP contribution < -0.4 is 20.1 Å². The molecule has 2 aromatic carbocycles. The number of ketones is 1. The summed E-state index contributed by atoms with van der Waals surface area (Å²) in [6.07, 6.45) is 12.6. The summed E-state index contributed by atoms with van der Waals surface area (Å²) in [5.74, 6) is 1.60. The Morgan fingerprint density at radius 3 is 2.77 bits per heavy atom. The summed E-state index contributed by atoms with van der Waals surface area (Å²) in [5.41, 5.74) is 6.92. The molecule has 0 fully saturated rings. The molecule has 0 saturated heterocycles. The van der Waals surface area contributed by atoms with Crippen molar-refractivity contribution in [1.29, 1.82) is 0 Å². The number of fused-ring (bicyclic) bond motifs is 2. The average Bonchev–Trinajstić information content (AvgIpc) is 3.12. The number of amides is 2. The number of hydrogen-bond donors (Lipinski definition) is 2. The van der Waals surface area contributed by atoms with Crippen molar-refractivity contribution in [2.24, 2.45) is 5.92 Å². The highest BCUT2D eigenvalue weighted by atomic mass is 16.5. The number of methoxy groups -OCH3 is 1. The number of nitrogens with one attached hydrogen (secondary N) is 2. The van der Waals surface area contributed by atoms with E-state index in [0.29, 0.717) is 17.0 Å². The van der Waals surface area contributed by atoms with Crippen molar-refractivity contribution >= 4 is 23.1 Å². The quantitative estimate of drug-likeness (QED) is 0.469. The molecule has 7 heteroatoms. The number of allylic oxidation sites excluding steroid dienone is 6. The van der Waals surface area contributed by atoms with E-state index in [-0.39, 0.29) is 23.5 Å². The Morgan fingerprint density at radius 2 is 2.00 bits per heavy atom. The molecule has 0 aromatic heterocycles. The van der Waals surface area contributed by atoms with E-state index in [1.807, 2.05) is 12.1 Å². The van der Waals surface area contributed by atoms with Crippen molar-refractivity contribution in [3.63, 3.8) is 0 Å². The molecule has 0 spiro atoms. The van der Waals surface area contributed by atoms with Crippen LogP contribution >= 0.6 is 0 Å². The zero-order valence-electron chi connectivity index (χ0n) is 23.0. The number of benzene rings is 2. The van der Waals surface area contributed by atoms with Crippen LogP contribution in [0.15, 0.2) is 77.6 Å². The number of ether oxygens (including phenoxy) is 2. The second-order valence-corrected chi connectivity index (χ2v) is 10.4. The van der Waals surface area contributed by atoms with E-state index < -0.39 is 0 Å². The molecule has 0 radical (unpaired) electrons. The monoisotopic (exact) mass is 525 g/mol. The van der Waals surface area contributed by atoms with E-state index in [9.17, 15) is 9.59 Å². The van der Waals surface area contributed by atoms with Crippen molar-refractivity contribution in [2.75, 3.05) is 40.1 Å². The SMILES string of the molecule is CNC(=O)Nc1ccc2c(c1)C(=O)/C(=C/C1=C(C3C=C(CN(C)C)C=CC3)CCCc3ccc(OC)cc31)O2. The number of Topliss-reactive ketones (excluding diaryl/α,β-unsaturated/α-hetero) is 1. The van der Waals surface area contributed by atoms with Crippen LogP contribution in [0.2, 0.25) is 0 Å². The number of likely N-dealkylation sites (N-methyl/N-ethyl adjacent to an activating group) is 1. The van der Waals surface area contributed by atoms with Crippen LogP contribution in [-0.2, 0) is 6.42 Å².